The first-order chi connectivity index (χ1) is 9.52. The largest absolute Gasteiger partial charge is 0.350 e. The number of carbonyl (C=O) groups excluding carboxylic acids is 1. The summed E-state index contributed by atoms with van der Waals surface area (Å²) < 4.78 is 0. The highest BCUT2D eigenvalue weighted by atomic mass is 35.5. The van der Waals surface area contributed by atoms with Crippen molar-refractivity contribution in [1.82, 2.24) is 4.90 Å². The summed E-state index contributed by atoms with van der Waals surface area (Å²) in [6.45, 7) is 1.90. The molecule has 1 aromatic rings. The van der Waals surface area contributed by atoms with E-state index in [1.807, 2.05) is 0 Å². The van der Waals surface area contributed by atoms with E-state index in [1.165, 1.54) is 6.92 Å². The number of rotatable bonds is 3. The van der Waals surface area contributed by atoms with Gasteiger partial charge < -0.3 is 4.90 Å². The van der Waals surface area contributed by atoms with Crippen molar-refractivity contribution in [3.8, 4) is 6.07 Å². The summed E-state index contributed by atoms with van der Waals surface area (Å²) in [5, 5.41) is 10.2. The third-order valence-electron chi connectivity index (χ3n) is 3.06. The number of hydrogen-bond donors (Lipinski definition) is 0. The summed E-state index contributed by atoms with van der Waals surface area (Å²) in [4.78, 5) is 13.4. The number of allylic oxidation sites excluding steroid dienone is 2. The van der Waals surface area contributed by atoms with Gasteiger partial charge in [0.05, 0.1) is 12.0 Å². The zero-order chi connectivity index (χ0) is 14.7. The Bertz CT molecular complexity index is 624. The van der Waals surface area contributed by atoms with Gasteiger partial charge in [-0.1, -0.05) is 29.3 Å². The zero-order valence-electron chi connectivity index (χ0n) is 10.8. The lowest BCUT2D eigenvalue weighted by Crippen LogP contribution is -2.20. The van der Waals surface area contributed by atoms with Crippen molar-refractivity contribution in [2.45, 2.75) is 13.5 Å². The number of benzene rings is 1. The van der Waals surface area contributed by atoms with Gasteiger partial charge in [-0.25, -0.2) is 0 Å². The van der Waals surface area contributed by atoms with Gasteiger partial charge in [-0.2, -0.15) is 5.26 Å². The van der Waals surface area contributed by atoms with Crippen molar-refractivity contribution in [2.24, 2.45) is 5.92 Å². The molecular weight excluding hydrogens is 295 g/mol. The molecule has 20 heavy (non-hydrogen) atoms. The van der Waals surface area contributed by atoms with Crippen molar-refractivity contribution in [3.05, 3.63) is 57.9 Å². The molecule has 1 aliphatic rings. The van der Waals surface area contributed by atoms with E-state index in [-0.39, 0.29) is 5.78 Å². The average molecular weight is 307 g/mol. The van der Waals surface area contributed by atoms with Crippen LogP contribution < -0.4 is 0 Å². The Hall–Kier alpha value is -1.76. The van der Waals surface area contributed by atoms with E-state index < -0.39 is 5.92 Å². The van der Waals surface area contributed by atoms with E-state index in [4.69, 9.17) is 28.5 Å². The van der Waals surface area contributed by atoms with Gasteiger partial charge in [-0.3, -0.25) is 4.79 Å². The number of nitrogens with zero attached hydrogens (tertiary/aromatic N) is 2. The Morgan fingerprint density at radius 2 is 2.05 bits per heavy atom. The summed E-state index contributed by atoms with van der Waals surface area (Å²) in [6, 6.07) is 7.40. The fraction of sp³-hybridized carbons (Fsp3) is 0.200. The van der Waals surface area contributed by atoms with Crippen LogP contribution in [0.1, 0.15) is 12.5 Å². The Kier molecular flexibility index (Phi) is 4.49. The SMILES string of the molecule is CC(=O)C1=CN(Cc2c(Cl)cccc2Cl)C=CC1C#N. The number of hydrogen-bond acceptors (Lipinski definition) is 3. The molecule has 0 radical (unpaired) electrons. The second-order valence-electron chi connectivity index (χ2n) is 4.46. The molecule has 0 amide bonds. The number of nitriles is 1. The van der Waals surface area contributed by atoms with Crippen LogP contribution >= 0.6 is 23.2 Å². The molecule has 1 aliphatic heterocycles. The quantitative estimate of drug-likeness (QED) is 0.849. The molecule has 0 spiro atoms. The first-order valence-electron chi connectivity index (χ1n) is 6.02. The van der Waals surface area contributed by atoms with Crippen LogP contribution in [0.25, 0.3) is 0 Å². The van der Waals surface area contributed by atoms with Gasteiger partial charge >= 0.3 is 0 Å². The minimum absolute atomic E-state index is 0.115. The molecule has 0 saturated carbocycles. The van der Waals surface area contributed by atoms with Crippen LogP contribution in [0.2, 0.25) is 10.0 Å². The molecule has 1 atom stereocenters. The summed E-state index contributed by atoms with van der Waals surface area (Å²) in [5.74, 6) is -0.610. The van der Waals surface area contributed by atoms with E-state index in [0.717, 1.165) is 5.56 Å². The molecule has 5 heteroatoms. The van der Waals surface area contributed by atoms with E-state index in [2.05, 4.69) is 6.07 Å². The average Bonchev–Trinajstić information content (AvgIpc) is 2.43. The second-order valence-corrected chi connectivity index (χ2v) is 5.28. The monoisotopic (exact) mass is 306 g/mol. The molecule has 0 N–H and O–H groups in total. The van der Waals surface area contributed by atoms with Gasteiger partial charge in [-0.15, -0.1) is 0 Å². The third-order valence-corrected chi connectivity index (χ3v) is 3.77. The van der Waals surface area contributed by atoms with E-state index in [9.17, 15) is 4.79 Å². The highest BCUT2D eigenvalue weighted by Crippen LogP contribution is 2.28. The second kappa shape index (κ2) is 6.13. The van der Waals surface area contributed by atoms with Crippen LogP contribution in [-0.2, 0) is 11.3 Å². The Morgan fingerprint density at radius 3 is 2.60 bits per heavy atom. The maximum Gasteiger partial charge on any atom is 0.158 e. The van der Waals surface area contributed by atoms with Gasteiger partial charge in [0.1, 0.15) is 0 Å². The fourth-order valence-electron chi connectivity index (χ4n) is 1.99. The van der Waals surface area contributed by atoms with Gasteiger partial charge in [0.25, 0.3) is 0 Å². The number of carbonyl (C=O) groups is 1. The van der Waals surface area contributed by atoms with Crippen LogP contribution in [0.4, 0.5) is 0 Å². The number of ketones is 1. The molecule has 0 aliphatic carbocycles. The summed E-state index contributed by atoms with van der Waals surface area (Å²) in [5.41, 5.74) is 1.26. The smallest absolute Gasteiger partial charge is 0.158 e. The van der Waals surface area contributed by atoms with Crippen molar-refractivity contribution >= 4 is 29.0 Å². The summed E-state index contributed by atoms with van der Waals surface area (Å²) in [7, 11) is 0. The first kappa shape index (κ1) is 14.6. The molecule has 1 aromatic carbocycles. The number of Topliss-reactive ketones (excluding diaryl/α,β-unsaturated/α-hetero) is 1. The van der Waals surface area contributed by atoms with Gasteiger partial charge in [0, 0.05) is 40.1 Å². The molecule has 0 fully saturated rings. The van der Waals surface area contributed by atoms with Crippen molar-refractivity contribution in [1.29, 1.82) is 5.26 Å². The molecule has 1 unspecified atom stereocenters. The van der Waals surface area contributed by atoms with E-state index >= 15 is 0 Å². The van der Waals surface area contributed by atoms with Gasteiger partial charge in [-0.05, 0) is 25.1 Å². The number of halogens is 2. The summed E-state index contributed by atoms with van der Waals surface area (Å²) in [6.07, 6.45) is 5.14. The fourth-order valence-corrected chi connectivity index (χ4v) is 2.51. The predicted octanol–water partition coefficient (Wildman–Crippen LogP) is 3.94. The van der Waals surface area contributed by atoms with Crippen molar-refractivity contribution in [3.63, 3.8) is 0 Å². The lowest BCUT2D eigenvalue weighted by molar-refractivity contribution is -0.114. The third kappa shape index (κ3) is 3.04. The predicted molar refractivity (Wildman–Crippen MR) is 79.0 cm³/mol. The normalized spacial score (nSPS) is 17.6. The molecule has 3 nitrogen and oxygen atoms in total. The van der Waals surface area contributed by atoms with Crippen LogP contribution in [0, 0.1) is 17.2 Å². The lowest BCUT2D eigenvalue weighted by atomic mass is 9.96. The highest BCUT2D eigenvalue weighted by molar-refractivity contribution is 6.35. The molecule has 2 rings (SSSR count). The Labute approximate surface area is 127 Å². The standard InChI is InChI=1S/C15H12Cl2N2O/c1-10(20)12-8-19(6-5-11(12)7-18)9-13-14(16)3-2-4-15(13)17/h2-6,8,11H,9H2,1H3. The van der Waals surface area contributed by atoms with Crippen LogP contribution in [0.3, 0.4) is 0 Å². The van der Waals surface area contributed by atoms with Gasteiger partial charge in [0.2, 0.25) is 0 Å². The summed E-state index contributed by atoms with van der Waals surface area (Å²) >= 11 is 12.3. The lowest BCUT2D eigenvalue weighted by Gasteiger charge is -2.23. The Balaban J connectivity index is 2.28. The minimum atomic E-state index is -0.495. The minimum Gasteiger partial charge on any atom is -0.350 e. The molecular formula is C15H12Cl2N2O. The van der Waals surface area contributed by atoms with Crippen LogP contribution in [-0.4, -0.2) is 10.7 Å². The van der Waals surface area contributed by atoms with E-state index in [1.54, 1.807) is 41.6 Å². The highest BCUT2D eigenvalue weighted by Gasteiger charge is 2.20. The molecule has 0 bridgehead atoms. The van der Waals surface area contributed by atoms with Crippen molar-refractivity contribution in [2.75, 3.05) is 0 Å². The van der Waals surface area contributed by atoms with Crippen LogP contribution in [0.5, 0.6) is 0 Å². The maximum atomic E-state index is 11.6. The topological polar surface area (TPSA) is 44.1 Å². The zero-order valence-corrected chi connectivity index (χ0v) is 12.3. The van der Waals surface area contributed by atoms with Crippen molar-refractivity contribution < 1.29 is 4.79 Å². The molecule has 0 saturated heterocycles. The van der Waals surface area contributed by atoms with E-state index in [0.29, 0.717) is 22.2 Å². The van der Waals surface area contributed by atoms with Crippen LogP contribution in [0.15, 0.2) is 42.2 Å². The molecule has 1 heterocycles. The molecule has 0 aromatic heterocycles. The Morgan fingerprint density at radius 1 is 1.40 bits per heavy atom. The first-order valence-corrected chi connectivity index (χ1v) is 6.77. The maximum absolute atomic E-state index is 11.6. The molecule has 102 valence electrons. The van der Waals surface area contributed by atoms with Gasteiger partial charge in [0.15, 0.2) is 5.78 Å².